The summed E-state index contributed by atoms with van der Waals surface area (Å²) in [5, 5.41) is 7.32. The second-order valence-electron chi connectivity index (χ2n) is 3.43. The smallest absolute Gasteiger partial charge is 0.206 e. The van der Waals surface area contributed by atoms with Crippen molar-refractivity contribution < 1.29 is 17.6 Å². The first-order valence-electron chi connectivity index (χ1n) is 4.74. The van der Waals surface area contributed by atoms with E-state index in [0.717, 1.165) is 12.1 Å². The van der Waals surface area contributed by atoms with Crippen LogP contribution in [-0.4, -0.2) is 10.2 Å². The maximum Gasteiger partial charge on any atom is 0.419 e. The normalized spacial score (nSPS) is 11.6. The number of nitrogens with zero attached hydrogens (tertiary/aromatic N) is 2. The number of alkyl halides is 3. The van der Waals surface area contributed by atoms with Crippen molar-refractivity contribution in [2.24, 2.45) is 0 Å². The van der Waals surface area contributed by atoms with E-state index in [1.807, 2.05) is 0 Å². The quantitative estimate of drug-likeness (QED) is 0.737. The first kappa shape index (κ1) is 12.8. The fourth-order valence-electron chi connectivity index (χ4n) is 1.37. The number of rotatable bonds is 1. The number of hydrogen-bond donors (Lipinski definition) is 0. The highest BCUT2D eigenvalue weighted by Crippen LogP contribution is 2.33. The SMILES string of the molecule is Fc1cc(-c2ccc(Cl)nn2)ccc1C(F)(F)F. The van der Waals surface area contributed by atoms with Gasteiger partial charge in [-0.1, -0.05) is 17.7 Å². The molecule has 0 fully saturated rings. The van der Waals surface area contributed by atoms with Gasteiger partial charge in [-0.2, -0.15) is 13.2 Å². The van der Waals surface area contributed by atoms with Crippen LogP contribution in [0, 0.1) is 5.82 Å². The lowest BCUT2D eigenvalue weighted by Crippen LogP contribution is -2.07. The van der Waals surface area contributed by atoms with Crippen molar-refractivity contribution in [1.82, 2.24) is 10.2 Å². The molecule has 0 unspecified atom stereocenters. The third kappa shape index (κ3) is 2.59. The summed E-state index contributed by atoms with van der Waals surface area (Å²) in [6, 6.07) is 5.42. The van der Waals surface area contributed by atoms with Gasteiger partial charge in [0.05, 0.1) is 11.3 Å². The molecule has 7 heteroatoms. The lowest BCUT2D eigenvalue weighted by Gasteiger charge is -2.08. The van der Waals surface area contributed by atoms with Crippen LogP contribution in [0.1, 0.15) is 5.56 Å². The molecule has 0 radical (unpaired) electrons. The molecule has 0 aliphatic rings. The van der Waals surface area contributed by atoms with E-state index in [4.69, 9.17) is 11.6 Å². The second-order valence-corrected chi connectivity index (χ2v) is 3.82. The predicted octanol–water partition coefficient (Wildman–Crippen LogP) is 3.95. The minimum atomic E-state index is -4.71. The molecule has 2 nitrogen and oxygen atoms in total. The van der Waals surface area contributed by atoms with Gasteiger partial charge in [0.25, 0.3) is 0 Å². The van der Waals surface area contributed by atoms with Gasteiger partial charge in [0.2, 0.25) is 0 Å². The van der Waals surface area contributed by atoms with E-state index < -0.39 is 17.6 Å². The zero-order valence-corrected chi connectivity index (χ0v) is 9.43. The summed E-state index contributed by atoms with van der Waals surface area (Å²) in [6.45, 7) is 0. The van der Waals surface area contributed by atoms with Gasteiger partial charge < -0.3 is 0 Å². The lowest BCUT2D eigenvalue weighted by molar-refractivity contribution is -0.139. The van der Waals surface area contributed by atoms with Gasteiger partial charge in [0, 0.05) is 5.56 Å². The first-order chi connectivity index (χ1) is 8.38. The number of benzene rings is 1. The van der Waals surface area contributed by atoms with Crippen molar-refractivity contribution in [2.75, 3.05) is 0 Å². The zero-order valence-electron chi connectivity index (χ0n) is 8.67. The Morgan fingerprint density at radius 2 is 1.72 bits per heavy atom. The molecule has 0 bridgehead atoms. The van der Waals surface area contributed by atoms with Crippen LogP contribution in [-0.2, 0) is 6.18 Å². The molecule has 18 heavy (non-hydrogen) atoms. The van der Waals surface area contributed by atoms with Crippen molar-refractivity contribution in [3.05, 3.63) is 46.9 Å². The average molecular weight is 277 g/mol. The Hall–Kier alpha value is -1.69. The Kier molecular flexibility index (Phi) is 3.21. The summed E-state index contributed by atoms with van der Waals surface area (Å²) in [6.07, 6.45) is -4.71. The van der Waals surface area contributed by atoms with Gasteiger partial charge in [0.15, 0.2) is 5.15 Å². The summed E-state index contributed by atoms with van der Waals surface area (Å²) in [4.78, 5) is 0. The van der Waals surface area contributed by atoms with Gasteiger partial charge >= 0.3 is 6.18 Å². The van der Waals surface area contributed by atoms with Crippen LogP contribution in [0.2, 0.25) is 5.15 Å². The molecule has 94 valence electrons. The second kappa shape index (κ2) is 4.53. The molecule has 2 rings (SSSR count). The molecule has 1 aromatic heterocycles. The molecule has 0 amide bonds. The number of aromatic nitrogens is 2. The first-order valence-corrected chi connectivity index (χ1v) is 5.12. The highest BCUT2D eigenvalue weighted by molar-refractivity contribution is 6.29. The molecule has 1 heterocycles. The topological polar surface area (TPSA) is 25.8 Å². The van der Waals surface area contributed by atoms with Crippen LogP contribution in [0.5, 0.6) is 0 Å². The third-order valence-electron chi connectivity index (χ3n) is 2.20. The van der Waals surface area contributed by atoms with Crippen LogP contribution in [0.15, 0.2) is 30.3 Å². The van der Waals surface area contributed by atoms with Crippen molar-refractivity contribution >= 4 is 11.6 Å². The van der Waals surface area contributed by atoms with E-state index in [9.17, 15) is 17.6 Å². The summed E-state index contributed by atoms with van der Waals surface area (Å²) < 4.78 is 50.4. The lowest BCUT2D eigenvalue weighted by atomic mass is 10.1. The molecular formula is C11H5ClF4N2. The van der Waals surface area contributed by atoms with E-state index in [1.54, 1.807) is 0 Å². The van der Waals surface area contributed by atoms with E-state index >= 15 is 0 Å². The zero-order chi connectivity index (χ0) is 13.3. The van der Waals surface area contributed by atoms with Crippen molar-refractivity contribution in [3.63, 3.8) is 0 Å². The Balaban J connectivity index is 2.43. The van der Waals surface area contributed by atoms with Crippen LogP contribution < -0.4 is 0 Å². The molecule has 1 aromatic carbocycles. The van der Waals surface area contributed by atoms with Crippen LogP contribution in [0.25, 0.3) is 11.3 Å². The van der Waals surface area contributed by atoms with Crippen molar-refractivity contribution in [2.45, 2.75) is 6.18 Å². The minimum absolute atomic E-state index is 0.145. The van der Waals surface area contributed by atoms with Gasteiger partial charge in [0.1, 0.15) is 5.82 Å². The summed E-state index contributed by atoms with van der Waals surface area (Å²) in [5.41, 5.74) is -0.870. The summed E-state index contributed by atoms with van der Waals surface area (Å²) in [5.74, 6) is -1.35. The van der Waals surface area contributed by atoms with Crippen molar-refractivity contribution in [1.29, 1.82) is 0 Å². The fraction of sp³-hybridized carbons (Fsp3) is 0.0909. The number of hydrogen-bond acceptors (Lipinski definition) is 2. The van der Waals surface area contributed by atoms with Crippen LogP contribution in [0.4, 0.5) is 17.6 Å². The fourth-order valence-corrected chi connectivity index (χ4v) is 1.48. The molecule has 0 N–H and O–H groups in total. The molecule has 2 aromatic rings. The van der Waals surface area contributed by atoms with E-state index in [-0.39, 0.29) is 16.4 Å². The Bertz CT molecular complexity index is 566. The monoisotopic (exact) mass is 276 g/mol. The highest BCUT2D eigenvalue weighted by Gasteiger charge is 2.33. The third-order valence-corrected chi connectivity index (χ3v) is 2.40. The molecular weight excluding hydrogens is 272 g/mol. The number of halogens is 5. The maximum absolute atomic E-state index is 13.3. The standard InChI is InChI=1S/C11H5ClF4N2/c12-10-4-3-9(17-18-10)6-1-2-7(8(13)5-6)11(14,15)16/h1-5H. The maximum atomic E-state index is 13.3. The highest BCUT2D eigenvalue weighted by atomic mass is 35.5. The predicted molar refractivity (Wildman–Crippen MR) is 57.4 cm³/mol. The Labute approximate surface area is 104 Å². The van der Waals surface area contributed by atoms with E-state index in [2.05, 4.69) is 10.2 Å². The molecule has 0 atom stereocenters. The largest absolute Gasteiger partial charge is 0.419 e. The van der Waals surface area contributed by atoms with E-state index in [0.29, 0.717) is 6.07 Å². The van der Waals surface area contributed by atoms with Crippen molar-refractivity contribution in [3.8, 4) is 11.3 Å². The molecule has 0 aliphatic heterocycles. The van der Waals surface area contributed by atoms with Gasteiger partial charge in [-0.3, -0.25) is 0 Å². The molecule has 0 saturated heterocycles. The van der Waals surface area contributed by atoms with E-state index in [1.165, 1.54) is 12.1 Å². The molecule has 0 saturated carbocycles. The Morgan fingerprint density at radius 3 is 2.22 bits per heavy atom. The van der Waals surface area contributed by atoms with Crippen LogP contribution >= 0.6 is 11.6 Å². The van der Waals surface area contributed by atoms with Gasteiger partial charge in [-0.05, 0) is 24.3 Å². The van der Waals surface area contributed by atoms with Gasteiger partial charge in [-0.15, -0.1) is 10.2 Å². The summed E-state index contributed by atoms with van der Waals surface area (Å²) >= 11 is 5.52. The Morgan fingerprint density at radius 1 is 1.00 bits per heavy atom. The summed E-state index contributed by atoms with van der Waals surface area (Å²) in [7, 11) is 0. The van der Waals surface area contributed by atoms with Crippen LogP contribution in [0.3, 0.4) is 0 Å². The molecule has 0 aliphatic carbocycles. The minimum Gasteiger partial charge on any atom is -0.206 e. The average Bonchev–Trinajstić information content (AvgIpc) is 2.28. The van der Waals surface area contributed by atoms with Gasteiger partial charge in [-0.25, -0.2) is 4.39 Å². The molecule has 0 spiro atoms.